The van der Waals surface area contributed by atoms with E-state index in [-0.39, 0.29) is 12.2 Å². The van der Waals surface area contributed by atoms with Crippen molar-refractivity contribution in [1.29, 1.82) is 0 Å². The maximum Gasteiger partial charge on any atom is 0.258 e. The number of hydrogen-bond acceptors (Lipinski definition) is 6. The van der Waals surface area contributed by atoms with Crippen LogP contribution < -0.4 is 10.3 Å². The molecule has 7 nitrogen and oxygen atoms in total. The Labute approximate surface area is 228 Å². The van der Waals surface area contributed by atoms with Crippen LogP contribution in [0.1, 0.15) is 35.2 Å². The van der Waals surface area contributed by atoms with Gasteiger partial charge in [-0.15, -0.1) is 0 Å². The highest BCUT2D eigenvalue weighted by atomic mass is 35.5. The van der Waals surface area contributed by atoms with Crippen molar-refractivity contribution in [3.05, 3.63) is 92.6 Å². The van der Waals surface area contributed by atoms with Crippen LogP contribution in [0, 0.1) is 0 Å². The van der Waals surface area contributed by atoms with Crippen LogP contribution in [0.2, 0.25) is 5.02 Å². The van der Waals surface area contributed by atoms with E-state index in [0.717, 1.165) is 70.2 Å². The molecule has 1 aromatic carbocycles. The fourth-order valence-electron chi connectivity index (χ4n) is 5.61. The van der Waals surface area contributed by atoms with Gasteiger partial charge in [0, 0.05) is 69.5 Å². The lowest BCUT2D eigenvalue weighted by atomic mass is 9.93. The van der Waals surface area contributed by atoms with Gasteiger partial charge in [0.05, 0.1) is 17.3 Å². The van der Waals surface area contributed by atoms with Gasteiger partial charge in [-0.1, -0.05) is 29.8 Å². The average Bonchev–Trinajstić information content (AvgIpc) is 3.48. The molecule has 8 heteroatoms. The second-order valence-electron chi connectivity index (χ2n) is 10.3. The number of ether oxygens (including phenoxy) is 2. The van der Waals surface area contributed by atoms with Crippen LogP contribution in [0.15, 0.2) is 59.7 Å². The maximum absolute atomic E-state index is 12.9. The van der Waals surface area contributed by atoms with Crippen molar-refractivity contribution in [2.45, 2.75) is 38.5 Å². The fraction of sp³-hybridized carbons (Fsp3) is 0.400. The molecule has 0 spiro atoms. The second kappa shape index (κ2) is 11.4. The molecule has 3 aromatic rings. The van der Waals surface area contributed by atoms with Gasteiger partial charge in [0.1, 0.15) is 12.4 Å². The average molecular weight is 533 g/mol. The van der Waals surface area contributed by atoms with Gasteiger partial charge in [0.15, 0.2) is 0 Å². The molecule has 2 aromatic heterocycles. The standard InChI is InChI=1S/C30H33ClN4O3/c31-25-4-5-26(32-18-25)20-38-29-7-9-35(30(36)17-29)27-6-3-23-15-22(1-2-24(23)16-27)19-33-10-12-34(13-11-33)28-8-14-37-21-28/h1-2,4-5,7,9,15-18,28H,3,6,8,10-14,19-21H2/t28-/m0/s1. The van der Waals surface area contributed by atoms with Crippen LogP contribution in [0.5, 0.6) is 5.75 Å². The molecule has 0 bridgehead atoms. The number of piperazine rings is 1. The molecule has 1 atom stereocenters. The number of halogens is 1. The summed E-state index contributed by atoms with van der Waals surface area (Å²) in [6.45, 7) is 7.55. The van der Waals surface area contributed by atoms with E-state index in [1.54, 1.807) is 23.0 Å². The minimum absolute atomic E-state index is 0.0961. The quantitative estimate of drug-likeness (QED) is 0.451. The van der Waals surface area contributed by atoms with E-state index in [1.165, 1.54) is 29.2 Å². The normalized spacial score (nSPS) is 20.2. The SMILES string of the molecule is O=c1cc(OCc2ccc(Cl)cn2)ccn1C1=Cc2ccc(CN3CCN([C@H]4CCOC4)CC3)cc2CC1. The van der Waals surface area contributed by atoms with Crippen LogP contribution in [-0.2, 0) is 24.3 Å². The van der Waals surface area contributed by atoms with Crippen molar-refractivity contribution < 1.29 is 9.47 Å². The fourth-order valence-corrected chi connectivity index (χ4v) is 5.72. The predicted octanol–water partition coefficient (Wildman–Crippen LogP) is 4.33. The third-order valence-corrected chi connectivity index (χ3v) is 8.01. The van der Waals surface area contributed by atoms with E-state index in [1.807, 2.05) is 12.1 Å². The van der Waals surface area contributed by atoms with Crippen LogP contribution in [0.3, 0.4) is 0 Å². The number of aromatic nitrogens is 2. The van der Waals surface area contributed by atoms with Crippen molar-refractivity contribution in [1.82, 2.24) is 19.4 Å². The van der Waals surface area contributed by atoms with Crippen LogP contribution in [-0.4, -0.2) is 64.8 Å². The molecule has 2 aliphatic heterocycles. The van der Waals surface area contributed by atoms with E-state index in [9.17, 15) is 4.79 Å². The monoisotopic (exact) mass is 532 g/mol. The molecule has 3 aliphatic rings. The van der Waals surface area contributed by atoms with Crippen molar-refractivity contribution in [2.24, 2.45) is 0 Å². The molecule has 198 valence electrons. The number of fused-ring (bicyclic) bond motifs is 1. The largest absolute Gasteiger partial charge is 0.487 e. The zero-order valence-corrected chi connectivity index (χ0v) is 22.3. The lowest BCUT2D eigenvalue weighted by Gasteiger charge is -2.37. The summed E-state index contributed by atoms with van der Waals surface area (Å²) in [5.74, 6) is 0.530. The van der Waals surface area contributed by atoms with E-state index in [4.69, 9.17) is 21.1 Å². The lowest BCUT2D eigenvalue weighted by molar-refractivity contribution is 0.0814. The number of pyridine rings is 2. The Morgan fingerprint density at radius 1 is 1.05 bits per heavy atom. The summed E-state index contributed by atoms with van der Waals surface area (Å²) in [7, 11) is 0. The van der Waals surface area contributed by atoms with Crippen molar-refractivity contribution in [3.63, 3.8) is 0 Å². The first-order valence-corrected chi connectivity index (χ1v) is 13.8. The van der Waals surface area contributed by atoms with Crippen molar-refractivity contribution in [3.8, 4) is 5.75 Å². The van der Waals surface area contributed by atoms with Gasteiger partial charge in [-0.3, -0.25) is 24.1 Å². The number of aryl methyl sites for hydroxylation is 1. The Morgan fingerprint density at radius 2 is 1.95 bits per heavy atom. The summed E-state index contributed by atoms with van der Waals surface area (Å²) in [4.78, 5) is 22.3. The van der Waals surface area contributed by atoms with Crippen LogP contribution in [0.25, 0.3) is 11.8 Å². The number of allylic oxidation sites excluding steroid dienone is 1. The van der Waals surface area contributed by atoms with Gasteiger partial charge >= 0.3 is 0 Å². The zero-order chi connectivity index (χ0) is 25.9. The van der Waals surface area contributed by atoms with Gasteiger partial charge < -0.3 is 9.47 Å². The topological polar surface area (TPSA) is 59.8 Å². The first-order chi connectivity index (χ1) is 18.6. The number of nitrogens with zero attached hydrogens (tertiary/aromatic N) is 4. The Kier molecular flexibility index (Phi) is 7.60. The maximum atomic E-state index is 12.9. The molecular formula is C30H33ClN4O3. The Hall–Kier alpha value is -2.97. The molecule has 38 heavy (non-hydrogen) atoms. The highest BCUT2D eigenvalue weighted by Gasteiger charge is 2.26. The zero-order valence-electron chi connectivity index (χ0n) is 21.5. The first-order valence-electron chi connectivity index (χ1n) is 13.4. The smallest absolute Gasteiger partial charge is 0.258 e. The van der Waals surface area contributed by atoms with E-state index in [2.05, 4.69) is 39.1 Å². The minimum atomic E-state index is -0.0961. The molecule has 2 saturated heterocycles. The summed E-state index contributed by atoms with van der Waals surface area (Å²) in [5, 5.41) is 0.582. The molecule has 0 unspecified atom stereocenters. The Bertz CT molecular complexity index is 1360. The van der Waals surface area contributed by atoms with Crippen molar-refractivity contribution >= 4 is 23.4 Å². The van der Waals surface area contributed by atoms with Crippen molar-refractivity contribution in [2.75, 3.05) is 39.4 Å². The molecule has 0 saturated carbocycles. The molecule has 0 radical (unpaired) electrons. The van der Waals surface area contributed by atoms with E-state index in [0.29, 0.717) is 16.8 Å². The molecule has 0 N–H and O–H groups in total. The highest BCUT2D eigenvalue weighted by Crippen LogP contribution is 2.28. The van der Waals surface area contributed by atoms with Gasteiger partial charge in [-0.25, -0.2) is 0 Å². The summed E-state index contributed by atoms with van der Waals surface area (Å²) in [6.07, 6.45) is 8.46. The number of hydrogen-bond donors (Lipinski definition) is 0. The number of benzene rings is 1. The molecule has 0 amide bonds. The van der Waals surface area contributed by atoms with Gasteiger partial charge in [0.2, 0.25) is 0 Å². The summed E-state index contributed by atoms with van der Waals surface area (Å²) in [6, 6.07) is 14.4. The highest BCUT2D eigenvalue weighted by molar-refractivity contribution is 6.30. The minimum Gasteiger partial charge on any atom is -0.487 e. The second-order valence-corrected chi connectivity index (χ2v) is 10.8. The predicted molar refractivity (Wildman–Crippen MR) is 149 cm³/mol. The molecule has 2 fully saturated rings. The molecular weight excluding hydrogens is 500 g/mol. The van der Waals surface area contributed by atoms with Crippen LogP contribution in [0.4, 0.5) is 0 Å². The summed E-state index contributed by atoms with van der Waals surface area (Å²) < 4.78 is 13.1. The third-order valence-electron chi connectivity index (χ3n) is 7.79. The molecule has 4 heterocycles. The third kappa shape index (κ3) is 5.86. The number of rotatable bonds is 7. The molecule has 6 rings (SSSR count). The van der Waals surface area contributed by atoms with E-state index >= 15 is 0 Å². The lowest BCUT2D eigenvalue weighted by Crippen LogP contribution is -2.50. The van der Waals surface area contributed by atoms with Gasteiger partial charge in [-0.05, 0) is 60.2 Å². The van der Waals surface area contributed by atoms with Crippen LogP contribution >= 0.6 is 11.6 Å². The van der Waals surface area contributed by atoms with Gasteiger partial charge in [-0.2, -0.15) is 0 Å². The molecule has 1 aliphatic carbocycles. The summed E-state index contributed by atoms with van der Waals surface area (Å²) >= 11 is 5.88. The Morgan fingerprint density at radius 3 is 2.71 bits per heavy atom. The van der Waals surface area contributed by atoms with Gasteiger partial charge in [0.25, 0.3) is 5.56 Å². The first kappa shape index (κ1) is 25.3. The summed E-state index contributed by atoms with van der Waals surface area (Å²) in [5.41, 5.74) is 5.59. The van der Waals surface area contributed by atoms with E-state index < -0.39 is 0 Å². The Balaban J connectivity index is 1.07.